The van der Waals surface area contributed by atoms with E-state index in [1.54, 1.807) is 19.0 Å². The van der Waals surface area contributed by atoms with Gasteiger partial charge in [0.25, 0.3) is 0 Å². The molecule has 6 heteroatoms. The normalized spacial score (nSPS) is 22.0. The number of alkyl carbamates (subject to hydrolysis) is 1. The molecule has 2 amide bonds. The van der Waals surface area contributed by atoms with Crippen molar-refractivity contribution >= 4 is 12.0 Å². The summed E-state index contributed by atoms with van der Waals surface area (Å²) in [5.41, 5.74) is -0.457. The Bertz CT molecular complexity index is 369. The predicted molar refractivity (Wildman–Crippen MR) is 86.7 cm³/mol. The molecule has 1 aliphatic rings. The first-order chi connectivity index (χ1) is 10.2. The molecule has 1 fully saturated rings. The summed E-state index contributed by atoms with van der Waals surface area (Å²) in [6, 6.07) is 0.628. The van der Waals surface area contributed by atoms with Crippen LogP contribution in [0, 0.1) is 0 Å². The first kappa shape index (κ1) is 18.7. The van der Waals surface area contributed by atoms with Crippen LogP contribution in [0.15, 0.2) is 0 Å². The molecular formula is C16H31N3O3. The standard InChI is InChI=1S/C16H31N3O3/c1-16(2,3)22-15(21)18-13-8-6-12(7-9-13)17-11-10-14(20)19(4)5/h12-13,17H,6-11H2,1-5H3,(H,18,21). The molecule has 0 aromatic heterocycles. The van der Waals surface area contributed by atoms with Crippen LogP contribution in [0.1, 0.15) is 52.9 Å². The fourth-order valence-corrected chi connectivity index (χ4v) is 2.52. The van der Waals surface area contributed by atoms with Crippen LogP contribution < -0.4 is 10.6 Å². The summed E-state index contributed by atoms with van der Waals surface area (Å²) in [5, 5.41) is 6.36. The number of nitrogens with one attached hydrogen (secondary N) is 2. The summed E-state index contributed by atoms with van der Waals surface area (Å²) in [6.07, 6.45) is 4.11. The van der Waals surface area contributed by atoms with Crippen molar-refractivity contribution in [2.75, 3.05) is 20.6 Å². The summed E-state index contributed by atoms with van der Waals surface area (Å²) < 4.78 is 5.27. The quantitative estimate of drug-likeness (QED) is 0.813. The molecule has 0 heterocycles. The van der Waals surface area contributed by atoms with Gasteiger partial charge in [0, 0.05) is 39.1 Å². The first-order valence-corrected chi connectivity index (χ1v) is 8.10. The maximum atomic E-state index is 11.7. The Morgan fingerprint density at radius 2 is 1.64 bits per heavy atom. The zero-order valence-electron chi connectivity index (χ0n) is 14.6. The summed E-state index contributed by atoms with van der Waals surface area (Å²) >= 11 is 0. The highest BCUT2D eigenvalue weighted by molar-refractivity contribution is 5.75. The summed E-state index contributed by atoms with van der Waals surface area (Å²) in [5.74, 6) is 0.146. The lowest BCUT2D eigenvalue weighted by Crippen LogP contribution is -2.44. The number of nitrogens with zero attached hydrogens (tertiary/aromatic N) is 1. The smallest absolute Gasteiger partial charge is 0.407 e. The maximum Gasteiger partial charge on any atom is 0.407 e. The number of rotatable bonds is 5. The van der Waals surface area contributed by atoms with Crippen molar-refractivity contribution in [2.24, 2.45) is 0 Å². The minimum Gasteiger partial charge on any atom is -0.444 e. The highest BCUT2D eigenvalue weighted by Gasteiger charge is 2.24. The molecule has 0 bridgehead atoms. The van der Waals surface area contributed by atoms with E-state index >= 15 is 0 Å². The maximum absolute atomic E-state index is 11.7. The monoisotopic (exact) mass is 313 g/mol. The Labute approximate surface area is 134 Å². The molecule has 0 spiro atoms. The second-order valence-electron chi connectivity index (χ2n) is 7.19. The molecule has 0 radical (unpaired) electrons. The van der Waals surface area contributed by atoms with Gasteiger partial charge in [-0.1, -0.05) is 0 Å². The molecule has 0 aromatic carbocycles. The Morgan fingerprint density at radius 1 is 1.09 bits per heavy atom. The largest absolute Gasteiger partial charge is 0.444 e. The Kier molecular flexibility index (Phi) is 7.13. The predicted octanol–water partition coefficient (Wildman–Crippen LogP) is 1.89. The summed E-state index contributed by atoms with van der Waals surface area (Å²) in [7, 11) is 3.55. The van der Waals surface area contributed by atoms with Crippen LogP contribution in [-0.4, -0.2) is 55.2 Å². The third kappa shape index (κ3) is 7.64. The number of carbonyl (C=O) groups is 2. The molecule has 0 aliphatic heterocycles. The van der Waals surface area contributed by atoms with E-state index in [1.807, 2.05) is 20.8 Å². The zero-order valence-corrected chi connectivity index (χ0v) is 14.6. The average Bonchev–Trinajstić information content (AvgIpc) is 2.38. The van der Waals surface area contributed by atoms with Crippen molar-refractivity contribution in [3.63, 3.8) is 0 Å². The van der Waals surface area contributed by atoms with Crippen molar-refractivity contribution in [1.29, 1.82) is 0 Å². The van der Waals surface area contributed by atoms with Crippen LogP contribution in [0.2, 0.25) is 0 Å². The summed E-state index contributed by atoms with van der Waals surface area (Å²) in [4.78, 5) is 24.8. The van der Waals surface area contributed by atoms with Crippen LogP contribution in [0.25, 0.3) is 0 Å². The first-order valence-electron chi connectivity index (χ1n) is 8.10. The molecule has 128 valence electrons. The van der Waals surface area contributed by atoms with E-state index in [4.69, 9.17) is 4.74 Å². The van der Waals surface area contributed by atoms with Crippen molar-refractivity contribution in [3.8, 4) is 0 Å². The molecule has 1 saturated carbocycles. The van der Waals surface area contributed by atoms with E-state index in [0.29, 0.717) is 19.0 Å². The fraction of sp³-hybridized carbons (Fsp3) is 0.875. The van der Waals surface area contributed by atoms with Crippen LogP contribution in [0.3, 0.4) is 0 Å². The lowest BCUT2D eigenvalue weighted by atomic mass is 9.91. The Hall–Kier alpha value is -1.30. The summed E-state index contributed by atoms with van der Waals surface area (Å²) in [6.45, 7) is 6.30. The van der Waals surface area contributed by atoms with Gasteiger partial charge in [0.1, 0.15) is 5.60 Å². The molecule has 0 unspecified atom stereocenters. The topological polar surface area (TPSA) is 70.7 Å². The van der Waals surface area contributed by atoms with Gasteiger partial charge in [0.2, 0.25) is 5.91 Å². The third-order valence-electron chi connectivity index (χ3n) is 3.72. The molecule has 22 heavy (non-hydrogen) atoms. The molecule has 1 aliphatic carbocycles. The Morgan fingerprint density at radius 3 is 2.14 bits per heavy atom. The van der Waals surface area contributed by atoms with Gasteiger partial charge in [-0.3, -0.25) is 4.79 Å². The van der Waals surface area contributed by atoms with Crippen LogP contribution in [-0.2, 0) is 9.53 Å². The minimum atomic E-state index is -0.457. The third-order valence-corrected chi connectivity index (χ3v) is 3.72. The van der Waals surface area contributed by atoms with Gasteiger partial charge < -0.3 is 20.3 Å². The molecule has 0 aromatic rings. The minimum absolute atomic E-state index is 0.146. The molecule has 6 nitrogen and oxygen atoms in total. The number of hydrogen-bond acceptors (Lipinski definition) is 4. The van der Waals surface area contributed by atoms with E-state index < -0.39 is 5.60 Å². The van der Waals surface area contributed by atoms with Crippen molar-refractivity contribution in [2.45, 2.75) is 70.6 Å². The molecule has 0 saturated heterocycles. The van der Waals surface area contributed by atoms with Gasteiger partial charge in [-0.05, 0) is 46.5 Å². The van der Waals surface area contributed by atoms with E-state index in [1.165, 1.54) is 0 Å². The van der Waals surface area contributed by atoms with E-state index in [0.717, 1.165) is 25.7 Å². The average molecular weight is 313 g/mol. The van der Waals surface area contributed by atoms with Crippen LogP contribution in [0.5, 0.6) is 0 Å². The van der Waals surface area contributed by atoms with Crippen LogP contribution in [0.4, 0.5) is 4.79 Å². The van der Waals surface area contributed by atoms with Gasteiger partial charge >= 0.3 is 6.09 Å². The van der Waals surface area contributed by atoms with Gasteiger partial charge in [-0.25, -0.2) is 4.79 Å². The van der Waals surface area contributed by atoms with E-state index in [9.17, 15) is 9.59 Å². The fourth-order valence-electron chi connectivity index (χ4n) is 2.52. The molecular weight excluding hydrogens is 282 g/mol. The van der Waals surface area contributed by atoms with Gasteiger partial charge in [-0.2, -0.15) is 0 Å². The SMILES string of the molecule is CN(C)C(=O)CCNC1CCC(NC(=O)OC(C)(C)C)CC1. The second-order valence-corrected chi connectivity index (χ2v) is 7.19. The highest BCUT2D eigenvalue weighted by atomic mass is 16.6. The van der Waals surface area contributed by atoms with Crippen LogP contribution >= 0.6 is 0 Å². The van der Waals surface area contributed by atoms with Gasteiger partial charge in [0.15, 0.2) is 0 Å². The Balaban J connectivity index is 2.18. The zero-order chi connectivity index (χ0) is 16.8. The molecule has 0 atom stereocenters. The van der Waals surface area contributed by atoms with Crippen molar-refractivity contribution in [1.82, 2.24) is 15.5 Å². The van der Waals surface area contributed by atoms with Crippen molar-refractivity contribution < 1.29 is 14.3 Å². The van der Waals surface area contributed by atoms with Gasteiger partial charge in [-0.15, -0.1) is 0 Å². The number of amides is 2. The molecule has 2 N–H and O–H groups in total. The second kappa shape index (κ2) is 8.36. The lowest BCUT2D eigenvalue weighted by Gasteiger charge is -2.30. The highest BCUT2D eigenvalue weighted by Crippen LogP contribution is 2.19. The number of ether oxygens (including phenoxy) is 1. The number of carbonyl (C=O) groups excluding carboxylic acids is 2. The van der Waals surface area contributed by atoms with Gasteiger partial charge in [0.05, 0.1) is 0 Å². The van der Waals surface area contributed by atoms with E-state index in [-0.39, 0.29) is 18.0 Å². The lowest BCUT2D eigenvalue weighted by molar-refractivity contribution is -0.128. The molecule has 1 rings (SSSR count). The van der Waals surface area contributed by atoms with E-state index in [2.05, 4.69) is 10.6 Å². The van der Waals surface area contributed by atoms with Crippen molar-refractivity contribution in [3.05, 3.63) is 0 Å². The number of hydrogen-bond donors (Lipinski definition) is 2.